The molecule has 0 saturated heterocycles. The Bertz CT molecular complexity index is 1370. The number of benzene rings is 1. The minimum atomic E-state index is -3.86. The van der Waals surface area contributed by atoms with Gasteiger partial charge in [0.05, 0.1) is 23.6 Å². The van der Waals surface area contributed by atoms with Crippen molar-refractivity contribution in [2.75, 3.05) is 16.6 Å². The van der Waals surface area contributed by atoms with E-state index in [2.05, 4.69) is 9.97 Å². The third-order valence-corrected chi connectivity index (χ3v) is 7.88. The standard InChI is InChI=1S/C20H14ClN3O4S2/c21-13-1-3-17-12(7-13)8-18(28-17)15-10-22-11-16-20(15)29-6-5-24(16)30(26,27)14-2-4-19(25)23-9-14/h1-4,7-11H,5-6H2,(H,23,25). The van der Waals surface area contributed by atoms with E-state index in [0.29, 0.717) is 39.9 Å². The third-order valence-electron chi connectivity index (χ3n) is 4.74. The first-order valence-corrected chi connectivity index (χ1v) is 11.7. The molecule has 0 aliphatic carbocycles. The number of furan rings is 1. The summed E-state index contributed by atoms with van der Waals surface area (Å²) in [6, 6.07) is 9.82. The molecule has 0 bridgehead atoms. The lowest BCUT2D eigenvalue weighted by Gasteiger charge is -2.30. The van der Waals surface area contributed by atoms with E-state index in [-0.39, 0.29) is 10.8 Å². The summed E-state index contributed by atoms with van der Waals surface area (Å²) in [5.41, 5.74) is 1.89. The molecule has 0 fully saturated rings. The minimum absolute atomic E-state index is 0.00179. The van der Waals surface area contributed by atoms with Crippen LogP contribution in [0.25, 0.3) is 22.3 Å². The predicted molar refractivity (Wildman–Crippen MR) is 116 cm³/mol. The van der Waals surface area contributed by atoms with Crippen molar-refractivity contribution < 1.29 is 17.9 Å². The van der Waals surface area contributed by atoms with E-state index in [1.54, 1.807) is 30.1 Å². The van der Waals surface area contributed by atoms with Gasteiger partial charge in [0, 0.05) is 39.9 Å². The molecule has 0 spiro atoms. The molecule has 10 heteroatoms. The molecule has 152 valence electrons. The lowest BCUT2D eigenvalue weighted by atomic mass is 10.2. The highest BCUT2D eigenvalue weighted by Crippen LogP contribution is 2.44. The maximum atomic E-state index is 13.2. The second kappa shape index (κ2) is 7.19. The van der Waals surface area contributed by atoms with Gasteiger partial charge in [-0.25, -0.2) is 13.4 Å². The van der Waals surface area contributed by atoms with Crippen molar-refractivity contribution in [2.45, 2.75) is 9.79 Å². The summed E-state index contributed by atoms with van der Waals surface area (Å²) < 4.78 is 33.7. The van der Waals surface area contributed by atoms with Gasteiger partial charge in [-0.3, -0.25) is 9.29 Å². The number of aromatic nitrogens is 2. The lowest BCUT2D eigenvalue weighted by molar-refractivity contribution is 0.452. The van der Waals surface area contributed by atoms with E-state index in [1.807, 2.05) is 12.1 Å². The van der Waals surface area contributed by atoms with Crippen molar-refractivity contribution in [2.24, 2.45) is 0 Å². The number of rotatable bonds is 3. The molecule has 1 aromatic carbocycles. The number of hydrogen-bond donors (Lipinski definition) is 1. The van der Waals surface area contributed by atoms with Crippen LogP contribution in [0.15, 0.2) is 69.2 Å². The van der Waals surface area contributed by atoms with E-state index in [9.17, 15) is 13.5 Å². The van der Waals surface area contributed by atoms with Gasteiger partial charge in [0.1, 0.15) is 16.2 Å². The fourth-order valence-corrected chi connectivity index (χ4v) is 6.20. The Balaban J connectivity index is 1.62. The van der Waals surface area contributed by atoms with E-state index < -0.39 is 10.0 Å². The molecule has 0 radical (unpaired) electrons. The molecular weight excluding hydrogens is 446 g/mol. The van der Waals surface area contributed by atoms with Crippen molar-refractivity contribution in [1.29, 1.82) is 0 Å². The second-order valence-electron chi connectivity index (χ2n) is 6.61. The van der Waals surface area contributed by atoms with Crippen LogP contribution in [0.3, 0.4) is 0 Å². The van der Waals surface area contributed by atoms with Gasteiger partial charge in [0.2, 0.25) is 5.88 Å². The predicted octanol–water partition coefficient (Wildman–Crippen LogP) is 4.55. The monoisotopic (exact) mass is 459 g/mol. The van der Waals surface area contributed by atoms with Crippen LogP contribution in [0.1, 0.15) is 0 Å². The number of halogens is 1. The van der Waals surface area contributed by atoms with Crippen LogP contribution >= 0.6 is 23.4 Å². The molecule has 1 aliphatic rings. The molecule has 5 rings (SSSR count). The molecule has 4 aromatic rings. The molecular formula is C20H14ClN3O4S2. The van der Waals surface area contributed by atoms with E-state index in [1.165, 1.54) is 22.6 Å². The smallest absolute Gasteiger partial charge is 0.265 e. The first kappa shape index (κ1) is 19.2. The Morgan fingerprint density at radius 2 is 2.00 bits per heavy atom. The van der Waals surface area contributed by atoms with Crippen LogP contribution in [0, 0.1) is 0 Å². The molecule has 4 heterocycles. The van der Waals surface area contributed by atoms with E-state index in [4.69, 9.17) is 16.0 Å². The van der Waals surface area contributed by atoms with Crippen LogP contribution in [-0.4, -0.2) is 35.8 Å². The average Bonchev–Trinajstić information content (AvgIpc) is 3.16. The molecule has 1 aliphatic heterocycles. The SMILES string of the molecule is O=S(=O)(c1ccc(O)nc1)N1CCSc2c(-c3cc4cc(Cl)ccc4o3)cncc21. The maximum Gasteiger partial charge on any atom is 0.265 e. The van der Waals surface area contributed by atoms with Crippen molar-refractivity contribution in [1.82, 2.24) is 9.97 Å². The Morgan fingerprint density at radius 1 is 1.13 bits per heavy atom. The molecule has 7 nitrogen and oxygen atoms in total. The van der Waals surface area contributed by atoms with Gasteiger partial charge in [-0.2, -0.15) is 0 Å². The van der Waals surface area contributed by atoms with E-state index in [0.717, 1.165) is 16.5 Å². The Labute approximate surface area is 181 Å². The Hall–Kier alpha value is -2.75. The highest BCUT2D eigenvalue weighted by Gasteiger charge is 2.32. The third kappa shape index (κ3) is 3.19. The zero-order chi connectivity index (χ0) is 20.9. The molecule has 0 unspecified atom stereocenters. The Morgan fingerprint density at radius 3 is 2.80 bits per heavy atom. The highest BCUT2D eigenvalue weighted by molar-refractivity contribution is 8.00. The van der Waals surface area contributed by atoms with Gasteiger partial charge in [0.15, 0.2) is 0 Å². The van der Waals surface area contributed by atoms with Crippen molar-refractivity contribution in [3.8, 4) is 17.2 Å². The normalized spacial score (nSPS) is 14.1. The van der Waals surface area contributed by atoms with Gasteiger partial charge < -0.3 is 9.52 Å². The summed E-state index contributed by atoms with van der Waals surface area (Å²) in [5.74, 6) is 0.924. The molecule has 0 saturated carbocycles. The summed E-state index contributed by atoms with van der Waals surface area (Å²) in [7, 11) is -3.86. The summed E-state index contributed by atoms with van der Waals surface area (Å²) >= 11 is 7.63. The first-order valence-electron chi connectivity index (χ1n) is 8.91. The summed E-state index contributed by atoms with van der Waals surface area (Å²) in [5, 5.41) is 10.8. The number of anilines is 1. The second-order valence-corrected chi connectivity index (χ2v) is 10.0. The van der Waals surface area contributed by atoms with Gasteiger partial charge in [-0.15, -0.1) is 11.8 Å². The average molecular weight is 460 g/mol. The number of fused-ring (bicyclic) bond motifs is 2. The van der Waals surface area contributed by atoms with Gasteiger partial charge in [0.25, 0.3) is 10.0 Å². The quantitative estimate of drug-likeness (QED) is 0.480. The molecule has 30 heavy (non-hydrogen) atoms. The number of sulfonamides is 1. The van der Waals surface area contributed by atoms with Crippen LogP contribution in [-0.2, 0) is 10.0 Å². The van der Waals surface area contributed by atoms with Gasteiger partial charge >= 0.3 is 0 Å². The topological polar surface area (TPSA) is 96.5 Å². The number of nitrogens with zero attached hydrogens (tertiary/aromatic N) is 3. The number of hydrogen-bond acceptors (Lipinski definition) is 7. The minimum Gasteiger partial charge on any atom is -0.493 e. The van der Waals surface area contributed by atoms with E-state index >= 15 is 0 Å². The molecule has 0 amide bonds. The van der Waals surface area contributed by atoms with Crippen LogP contribution in [0.5, 0.6) is 5.88 Å². The molecule has 3 aromatic heterocycles. The van der Waals surface area contributed by atoms with Gasteiger partial charge in [-0.1, -0.05) is 11.6 Å². The fraction of sp³-hybridized carbons (Fsp3) is 0.100. The van der Waals surface area contributed by atoms with Gasteiger partial charge in [-0.05, 0) is 30.3 Å². The maximum absolute atomic E-state index is 13.2. The Kier molecular flexibility index (Phi) is 4.61. The molecule has 0 atom stereocenters. The zero-order valence-electron chi connectivity index (χ0n) is 15.3. The van der Waals surface area contributed by atoms with Crippen molar-refractivity contribution in [3.63, 3.8) is 0 Å². The van der Waals surface area contributed by atoms with Crippen molar-refractivity contribution >= 4 is 50.0 Å². The summed E-state index contributed by atoms with van der Waals surface area (Å²) in [6.07, 6.45) is 4.35. The summed E-state index contributed by atoms with van der Waals surface area (Å²) in [6.45, 7) is 0.293. The zero-order valence-corrected chi connectivity index (χ0v) is 17.7. The first-order chi connectivity index (χ1) is 14.4. The fourth-order valence-electron chi connectivity index (χ4n) is 3.34. The number of pyridine rings is 2. The molecule has 1 N–H and O–H groups in total. The largest absolute Gasteiger partial charge is 0.493 e. The van der Waals surface area contributed by atoms with Crippen molar-refractivity contribution in [3.05, 3.63) is 60.0 Å². The lowest BCUT2D eigenvalue weighted by Crippen LogP contribution is -2.35. The highest BCUT2D eigenvalue weighted by atomic mass is 35.5. The van der Waals surface area contributed by atoms with Crippen LogP contribution in [0.4, 0.5) is 5.69 Å². The van der Waals surface area contributed by atoms with Crippen LogP contribution < -0.4 is 4.31 Å². The number of aromatic hydroxyl groups is 1. The van der Waals surface area contributed by atoms with Crippen LogP contribution in [0.2, 0.25) is 5.02 Å². The summed E-state index contributed by atoms with van der Waals surface area (Å²) in [4.78, 5) is 8.74. The number of thioether (sulfide) groups is 1.